The molecule has 1 N–H and O–H groups in total. The van der Waals surface area contributed by atoms with E-state index in [1.165, 1.54) is 0 Å². The van der Waals surface area contributed by atoms with Gasteiger partial charge in [-0.05, 0) is 31.2 Å². The van der Waals surface area contributed by atoms with Crippen LogP contribution in [0.25, 0.3) is 0 Å². The first-order valence-electron chi connectivity index (χ1n) is 8.85. The van der Waals surface area contributed by atoms with Crippen LogP contribution < -0.4 is 10.2 Å². The van der Waals surface area contributed by atoms with Crippen molar-refractivity contribution in [3.8, 4) is 6.07 Å². The van der Waals surface area contributed by atoms with Crippen molar-refractivity contribution >= 4 is 17.6 Å². The molecule has 1 aliphatic heterocycles. The summed E-state index contributed by atoms with van der Waals surface area (Å²) in [6.07, 6.45) is 1.66. The molecule has 0 bridgehead atoms. The van der Waals surface area contributed by atoms with Crippen LogP contribution in [-0.4, -0.2) is 53.9 Å². The molecule has 2 aromatic rings. The summed E-state index contributed by atoms with van der Waals surface area (Å²) in [6, 6.07) is 13.9. The van der Waals surface area contributed by atoms with Crippen molar-refractivity contribution in [2.24, 2.45) is 0 Å². The van der Waals surface area contributed by atoms with Gasteiger partial charge in [0, 0.05) is 37.9 Å². The molecule has 0 saturated carbocycles. The minimum atomic E-state index is -0.603. The molecule has 1 fully saturated rings. The van der Waals surface area contributed by atoms with E-state index >= 15 is 0 Å². The fourth-order valence-electron chi connectivity index (χ4n) is 3.08. The van der Waals surface area contributed by atoms with Crippen LogP contribution in [0.5, 0.6) is 0 Å². The Hall–Kier alpha value is -3.40. The predicted octanol–water partition coefficient (Wildman–Crippen LogP) is 1.42. The van der Waals surface area contributed by atoms with Gasteiger partial charge in [0.25, 0.3) is 5.91 Å². The largest absolute Gasteiger partial charge is 0.352 e. The smallest absolute Gasteiger partial charge is 0.251 e. The number of amides is 2. The predicted molar refractivity (Wildman–Crippen MR) is 101 cm³/mol. The maximum Gasteiger partial charge on any atom is 0.251 e. The van der Waals surface area contributed by atoms with Crippen LogP contribution in [0, 0.1) is 11.3 Å². The number of hydrogen-bond donors (Lipinski definition) is 1. The summed E-state index contributed by atoms with van der Waals surface area (Å²) in [5, 5.41) is 12.0. The number of aromatic nitrogens is 1. The molecule has 1 aliphatic rings. The molecule has 7 heteroatoms. The topological polar surface area (TPSA) is 89.3 Å². The molecule has 27 heavy (non-hydrogen) atoms. The van der Waals surface area contributed by atoms with Gasteiger partial charge in [0.2, 0.25) is 5.91 Å². The first kappa shape index (κ1) is 18.4. The van der Waals surface area contributed by atoms with Crippen LogP contribution in [0.2, 0.25) is 0 Å². The lowest BCUT2D eigenvalue weighted by Crippen LogP contribution is -2.54. The number of pyridine rings is 1. The standard InChI is InChI=1S/C20H21N5O2/c1-15(23-19(26)16-6-3-2-4-7-16)20(27)25-12-10-24(11-13-25)18-17(14-21)8-5-9-22-18/h2-9,15H,10-13H2,1H3,(H,23,26)/t15-/m0/s1. The van der Waals surface area contributed by atoms with E-state index in [-0.39, 0.29) is 11.8 Å². The normalized spacial score (nSPS) is 15.0. The maximum atomic E-state index is 12.7. The van der Waals surface area contributed by atoms with E-state index in [0.29, 0.717) is 43.1 Å². The van der Waals surface area contributed by atoms with Gasteiger partial charge in [-0.1, -0.05) is 18.2 Å². The lowest BCUT2D eigenvalue weighted by Gasteiger charge is -2.36. The van der Waals surface area contributed by atoms with Gasteiger partial charge in [-0.15, -0.1) is 0 Å². The van der Waals surface area contributed by atoms with Gasteiger partial charge < -0.3 is 15.1 Å². The molecular formula is C20H21N5O2. The lowest BCUT2D eigenvalue weighted by molar-refractivity contribution is -0.133. The lowest BCUT2D eigenvalue weighted by atomic mass is 10.2. The van der Waals surface area contributed by atoms with Crippen molar-refractivity contribution in [1.82, 2.24) is 15.2 Å². The van der Waals surface area contributed by atoms with Crippen LogP contribution in [-0.2, 0) is 4.79 Å². The Labute approximate surface area is 158 Å². The van der Waals surface area contributed by atoms with E-state index in [1.807, 2.05) is 11.0 Å². The summed E-state index contributed by atoms with van der Waals surface area (Å²) in [6.45, 7) is 3.92. The Bertz CT molecular complexity index is 854. The molecule has 0 radical (unpaired) electrons. The number of nitriles is 1. The van der Waals surface area contributed by atoms with Gasteiger partial charge >= 0.3 is 0 Å². The highest BCUT2D eigenvalue weighted by Crippen LogP contribution is 2.18. The third-order valence-corrected chi connectivity index (χ3v) is 4.55. The van der Waals surface area contributed by atoms with Gasteiger partial charge in [0.1, 0.15) is 17.9 Å². The number of carbonyl (C=O) groups excluding carboxylic acids is 2. The Morgan fingerprint density at radius 3 is 2.48 bits per heavy atom. The summed E-state index contributed by atoms with van der Waals surface area (Å²) >= 11 is 0. The van der Waals surface area contributed by atoms with Crippen LogP contribution >= 0.6 is 0 Å². The van der Waals surface area contributed by atoms with Crippen LogP contribution in [0.4, 0.5) is 5.82 Å². The average molecular weight is 363 g/mol. The Balaban J connectivity index is 1.56. The highest BCUT2D eigenvalue weighted by molar-refractivity contribution is 5.97. The van der Waals surface area contributed by atoms with Crippen molar-refractivity contribution in [3.63, 3.8) is 0 Å². The second kappa shape index (κ2) is 8.32. The first-order chi connectivity index (χ1) is 13.1. The zero-order chi connectivity index (χ0) is 19.2. The number of rotatable bonds is 4. The zero-order valence-electron chi connectivity index (χ0n) is 15.1. The van der Waals surface area contributed by atoms with Gasteiger partial charge in [0.15, 0.2) is 0 Å². The summed E-state index contributed by atoms with van der Waals surface area (Å²) in [5.74, 6) is 0.278. The van der Waals surface area contributed by atoms with Gasteiger partial charge in [-0.25, -0.2) is 4.98 Å². The molecule has 7 nitrogen and oxygen atoms in total. The molecule has 0 unspecified atom stereocenters. The highest BCUT2D eigenvalue weighted by Gasteiger charge is 2.27. The summed E-state index contributed by atoms with van der Waals surface area (Å²) < 4.78 is 0. The van der Waals surface area contributed by atoms with Crippen molar-refractivity contribution in [2.75, 3.05) is 31.1 Å². The minimum Gasteiger partial charge on any atom is -0.352 e. The summed E-state index contributed by atoms with van der Waals surface area (Å²) in [4.78, 5) is 32.9. The average Bonchev–Trinajstić information content (AvgIpc) is 2.73. The summed E-state index contributed by atoms with van der Waals surface area (Å²) in [5.41, 5.74) is 1.06. The van der Waals surface area contributed by atoms with Crippen molar-refractivity contribution in [2.45, 2.75) is 13.0 Å². The van der Waals surface area contributed by atoms with E-state index < -0.39 is 6.04 Å². The van der Waals surface area contributed by atoms with E-state index in [9.17, 15) is 14.9 Å². The Morgan fingerprint density at radius 2 is 1.81 bits per heavy atom. The van der Waals surface area contributed by atoms with Crippen LogP contribution in [0.3, 0.4) is 0 Å². The number of benzene rings is 1. The third-order valence-electron chi connectivity index (χ3n) is 4.55. The quantitative estimate of drug-likeness (QED) is 0.887. The molecule has 138 valence electrons. The number of piperazine rings is 1. The molecule has 1 atom stereocenters. The molecule has 3 rings (SSSR count). The van der Waals surface area contributed by atoms with E-state index in [2.05, 4.69) is 16.4 Å². The number of carbonyl (C=O) groups is 2. The number of nitrogens with one attached hydrogen (secondary N) is 1. The first-order valence-corrected chi connectivity index (χ1v) is 8.85. The molecule has 2 amide bonds. The molecule has 0 aliphatic carbocycles. The molecule has 1 saturated heterocycles. The second-order valence-electron chi connectivity index (χ2n) is 6.36. The monoisotopic (exact) mass is 363 g/mol. The fraction of sp³-hybridized carbons (Fsp3) is 0.300. The fourth-order valence-corrected chi connectivity index (χ4v) is 3.08. The molecule has 2 heterocycles. The zero-order valence-corrected chi connectivity index (χ0v) is 15.1. The highest BCUT2D eigenvalue weighted by atomic mass is 16.2. The molecule has 0 spiro atoms. The maximum absolute atomic E-state index is 12.7. The van der Waals surface area contributed by atoms with Crippen LogP contribution in [0.1, 0.15) is 22.8 Å². The minimum absolute atomic E-state index is 0.111. The number of anilines is 1. The van der Waals surface area contributed by atoms with Crippen LogP contribution in [0.15, 0.2) is 48.7 Å². The van der Waals surface area contributed by atoms with Gasteiger partial charge in [0.05, 0.1) is 5.56 Å². The molecular weight excluding hydrogens is 342 g/mol. The van der Waals surface area contributed by atoms with Gasteiger partial charge in [-0.3, -0.25) is 9.59 Å². The second-order valence-corrected chi connectivity index (χ2v) is 6.36. The van der Waals surface area contributed by atoms with E-state index in [4.69, 9.17) is 0 Å². The number of hydrogen-bond acceptors (Lipinski definition) is 5. The number of nitrogens with zero attached hydrogens (tertiary/aromatic N) is 4. The van der Waals surface area contributed by atoms with Gasteiger partial charge in [-0.2, -0.15) is 5.26 Å². The summed E-state index contributed by atoms with van der Waals surface area (Å²) in [7, 11) is 0. The van der Waals surface area contributed by atoms with E-state index in [1.54, 1.807) is 54.4 Å². The molecule has 1 aromatic heterocycles. The third kappa shape index (κ3) is 4.23. The Morgan fingerprint density at radius 1 is 1.11 bits per heavy atom. The van der Waals surface area contributed by atoms with Crippen molar-refractivity contribution < 1.29 is 9.59 Å². The SMILES string of the molecule is C[C@H](NC(=O)c1ccccc1)C(=O)N1CCN(c2ncccc2C#N)CC1. The molecule has 1 aromatic carbocycles. The van der Waals surface area contributed by atoms with Crippen molar-refractivity contribution in [3.05, 3.63) is 59.8 Å². The van der Waals surface area contributed by atoms with E-state index in [0.717, 1.165) is 0 Å². The Kier molecular flexibility index (Phi) is 5.67. The van der Waals surface area contributed by atoms with Crippen molar-refractivity contribution in [1.29, 1.82) is 5.26 Å².